The first-order valence-corrected chi connectivity index (χ1v) is 4.61. The molecule has 0 spiro atoms. The Hall–Kier alpha value is -1.74. The van der Waals surface area contributed by atoms with Crippen LogP contribution in [0.15, 0.2) is 36.7 Å². The van der Waals surface area contributed by atoms with E-state index < -0.39 is 0 Å². The summed E-state index contributed by atoms with van der Waals surface area (Å²) in [7, 11) is 0. The zero-order valence-electron chi connectivity index (χ0n) is 8.07. The lowest BCUT2D eigenvalue weighted by molar-refractivity contribution is 0.611. The van der Waals surface area contributed by atoms with E-state index in [0.717, 1.165) is 11.1 Å². The summed E-state index contributed by atoms with van der Waals surface area (Å²) >= 11 is 0. The standard InChI is InChI=1S/C12H10FN2/c13-12-4-3-9(6-11(12)7-14)10-2-1-5-15-8-10/h2-6,8H,7,14H2. The average Bonchev–Trinajstić information content (AvgIpc) is 2.31. The highest BCUT2D eigenvalue weighted by molar-refractivity contribution is 5.62. The Morgan fingerprint density at radius 3 is 2.87 bits per heavy atom. The predicted octanol–water partition coefficient (Wildman–Crippen LogP) is 2.15. The highest BCUT2D eigenvalue weighted by atomic mass is 19.1. The summed E-state index contributed by atoms with van der Waals surface area (Å²) < 4.78 is 13.2. The van der Waals surface area contributed by atoms with Crippen molar-refractivity contribution in [3.8, 4) is 11.1 Å². The quantitative estimate of drug-likeness (QED) is 0.808. The summed E-state index contributed by atoms with van der Waals surface area (Å²) in [5, 5.41) is 0. The van der Waals surface area contributed by atoms with E-state index in [1.54, 1.807) is 30.6 Å². The van der Waals surface area contributed by atoms with Crippen molar-refractivity contribution in [3.05, 3.63) is 54.1 Å². The summed E-state index contributed by atoms with van der Waals surface area (Å²) in [6.07, 6.45) is 3.29. The Morgan fingerprint density at radius 1 is 1.33 bits per heavy atom. The second-order valence-electron chi connectivity index (χ2n) is 3.18. The van der Waals surface area contributed by atoms with Gasteiger partial charge in [0.25, 0.3) is 0 Å². The van der Waals surface area contributed by atoms with Gasteiger partial charge in [0.2, 0.25) is 0 Å². The number of nitrogens with zero attached hydrogens (tertiary/aromatic N) is 1. The number of benzene rings is 1. The first-order valence-electron chi connectivity index (χ1n) is 4.61. The Bertz CT molecular complexity index is 454. The molecule has 2 N–H and O–H groups in total. The minimum absolute atomic E-state index is 0.198. The van der Waals surface area contributed by atoms with Crippen molar-refractivity contribution in [3.63, 3.8) is 0 Å². The maximum atomic E-state index is 13.2. The molecule has 3 heteroatoms. The fourth-order valence-electron chi connectivity index (χ4n) is 1.39. The van der Waals surface area contributed by atoms with Gasteiger partial charge in [0.05, 0.1) is 0 Å². The minimum atomic E-state index is -0.269. The van der Waals surface area contributed by atoms with Crippen LogP contribution in [0.5, 0.6) is 0 Å². The molecule has 15 heavy (non-hydrogen) atoms. The van der Waals surface area contributed by atoms with Crippen LogP contribution < -0.4 is 5.73 Å². The number of rotatable bonds is 2. The van der Waals surface area contributed by atoms with Crippen LogP contribution in [-0.2, 0) is 6.54 Å². The molecule has 0 aliphatic carbocycles. The number of aromatic nitrogens is 1. The summed E-state index contributed by atoms with van der Waals surface area (Å²) in [5.41, 5.74) is 7.76. The molecule has 0 fully saturated rings. The Labute approximate surface area is 87.6 Å². The van der Waals surface area contributed by atoms with Gasteiger partial charge in [0.15, 0.2) is 0 Å². The molecule has 2 nitrogen and oxygen atoms in total. The second kappa shape index (κ2) is 4.19. The van der Waals surface area contributed by atoms with Crippen molar-refractivity contribution < 1.29 is 4.39 Å². The molecule has 0 aliphatic rings. The molecule has 1 radical (unpaired) electrons. The molecular weight excluding hydrogens is 191 g/mol. The maximum Gasteiger partial charge on any atom is 0.127 e. The van der Waals surface area contributed by atoms with Crippen molar-refractivity contribution in [1.29, 1.82) is 0 Å². The molecule has 0 saturated carbocycles. The first kappa shape index (κ1) is 9.80. The topological polar surface area (TPSA) is 38.9 Å². The highest BCUT2D eigenvalue weighted by Gasteiger charge is 2.03. The van der Waals surface area contributed by atoms with Gasteiger partial charge in [0.1, 0.15) is 5.82 Å². The van der Waals surface area contributed by atoms with Crippen LogP contribution in [0.4, 0.5) is 4.39 Å². The lowest BCUT2D eigenvalue weighted by Crippen LogP contribution is -1.99. The Kier molecular flexibility index (Phi) is 2.74. The highest BCUT2D eigenvalue weighted by Crippen LogP contribution is 2.20. The molecular formula is C12H10FN2. The van der Waals surface area contributed by atoms with Gasteiger partial charge in [-0.1, -0.05) is 6.07 Å². The first-order chi connectivity index (χ1) is 7.31. The van der Waals surface area contributed by atoms with Crippen molar-refractivity contribution in [2.75, 3.05) is 0 Å². The average molecular weight is 201 g/mol. The predicted molar refractivity (Wildman–Crippen MR) is 56.4 cm³/mol. The molecule has 0 unspecified atom stereocenters. The third kappa shape index (κ3) is 2.02. The molecule has 0 atom stereocenters. The van der Waals surface area contributed by atoms with E-state index in [1.807, 2.05) is 0 Å². The van der Waals surface area contributed by atoms with Gasteiger partial charge >= 0.3 is 0 Å². The van der Waals surface area contributed by atoms with Crippen molar-refractivity contribution >= 4 is 0 Å². The van der Waals surface area contributed by atoms with Gasteiger partial charge < -0.3 is 5.73 Å². The maximum absolute atomic E-state index is 13.2. The summed E-state index contributed by atoms with van der Waals surface area (Å²) in [6.45, 7) is 0.198. The van der Waals surface area contributed by atoms with Gasteiger partial charge in [-0.05, 0) is 23.8 Å². The third-order valence-corrected chi connectivity index (χ3v) is 2.20. The molecule has 1 heterocycles. The molecule has 0 amide bonds. The third-order valence-electron chi connectivity index (χ3n) is 2.20. The molecule has 2 aromatic rings. The van der Waals surface area contributed by atoms with Crippen molar-refractivity contribution in [1.82, 2.24) is 4.98 Å². The van der Waals surface area contributed by atoms with Gasteiger partial charge in [-0.3, -0.25) is 4.98 Å². The smallest absolute Gasteiger partial charge is 0.127 e. The Morgan fingerprint density at radius 2 is 2.20 bits per heavy atom. The van der Waals surface area contributed by atoms with Gasteiger partial charge in [-0.25, -0.2) is 4.39 Å². The van der Waals surface area contributed by atoms with E-state index in [1.165, 1.54) is 6.07 Å². The summed E-state index contributed by atoms with van der Waals surface area (Å²) in [4.78, 5) is 3.96. The number of hydrogen-bond donors (Lipinski definition) is 1. The van der Waals surface area contributed by atoms with Crippen LogP contribution >= 0.6 is 0 Å². The molecule has 75 valence electrons. The minimum Gasteiger partial charge on any atom is -0.326 e. The zero-order chi connectivity index (χ0) is 10.7. The SMILES string of the molecule is NCc1cc(-c2c[c]cnc2)ccc1F. The summed E-state index contributed by atoms with van der Waals surface area (Å²) in [5.74, 6) is -0.269. The van der Waals surface area contributed by atoms with E-state index in [4.69, 9.17) is 5.73 Å². The van der Waals surface area contributed by atoms with Crippen LogP contribution in [0.2, 0.25) is 0 Å². The number of halogens is 1. The molecule has 0 bridgehead atoms. The van der Waals surface area contributed by atoms with Crippen LogP contribution in [-0.4, -0.2) is 4.98 Å². The van der Waals surface area contributed by atoms with E-state index >= 15 is 0 Å². The largest absolute Gasteiger partial charge is 0.326 e. The monoisotopic (exact) mass is 201 g/mol. The van der Waals surface area contributed by atoms with Crippen LogP contribution in [0.1, 0.15) is 5.56 Å². The fraction of sp³-hybridized carbons (Fsp3) is 0.0833. The van der Waals surface area contributed by atoms with Gasteiger partial charge in [-0.15, -0.1) is 0 Å². The molecule has 1 aromatic carbocycles. The fourth-order valence-corrected chi connectivity index (χ4v) is 1.39. The number of pyridine rings is 1. The molecule has 0 aliphatic heterocycles. The van der Waals surface area contributed by atoms with E-state index in [2.05, 4.69) is 11.1 Å². The Balaban J connectivity index is 2.46. The molecule has 0 saturated heterocycles. The zero-order valence-corrected chi connectivity index (χ0v) is 8.07. The van der Waals surface area contributed by atoms with Crippen LogP contribution in [0.25, 0.3) is 11.1 Å². The van der Waals surface area contributed by atoms with Crippen molar-refractivity contribution in [2.45, 2.75) is 6.54 Å². The van der Waals surface area contributed by atoms with E-state index in [-0.39, 0.29) is 12.4 Å². The molecule has 1 aromatic heterocycles. The van der Waals surface area contributed by atoms with E-state index in [9.17, 15) is 4.39 Å². The second-order valence-corrected chi connectivity index (χ2v) is 3.18. The van der Waals surface area contributed by atoms with E-state index in [0.29, 0.717) is 5.56 Å². The van der Waals surface area contributed by atoms with Crippen LogP contribution in [0, 0.1) is 11.9 Å². The number of hydrogen-bond acceptors (Lipinski definition) is 2. The molecule has 2 rings (SSSR count). The lowest BCUT2D eigenvalue weighted by Gasteiger charge is -2.04. The normalized spacial score (nSPS) is 10.3. The lowest BCUT2D eigenvalue weighted by atomic mass is 10.0. The van der Waals surface area contributed by atoms with Crippen LogP contribution in [0.3, 0.4) is 0 Å². The number of nitrogens with two attached hydrogens (primary N) is 1. The van der Waals surface area contributed by atoms with Gasteiger partial charge in [0, 0.05) is 36.1 Å². The van der Waals surface area contributed by atoms with Gasteiger partial charge in [-0.2, -0.15) is 0 Å². The summed E-state index contributed by atoms with van der Waals surface area (Å²) in [6, 6.07) is 9.55. The van der Waals surface area contributed by atoms with Crippen molar-refractivity contribution in [2.24, 2.45) is 5.73 Å².